The summed E-state index contributed by atoms with van der Waals surface area (Å²) in [5, 5.41) is 0. The molecule has 32 valence electrons. The second-order valence-corrected chi connectivity index (χ2v) is 0. The van der Waals surface area contributed by atoms with Crippen molar-refractivity contribution in [2.45, 2.75) is 0 Å². The smallest absolute Gasteiger partial charge is 1.00 e. The zero-order valence-corrected chi connectivity index (χ0v) is 5.13. The van der Waals surface area contributed by atoms with Crippen LogP contribution in [0.25, 0.3) is 0 Å². The van der Waals surface area contributed by atoms with Gasteiger partial charge in [0, 0.05) is 0 Å². The molecule has 0 atom stereocenters. The molecule has 6 heteroatoms. The Balaban J connectivity index is 0. The predicted octanol–water partition coefficient (Wildman–Crippen LogP) is -12.7. The molecule has 0 fully saturated rings. The summed E-state index contributed by atoms with van der Waals surface area (Å²) in [6.45, 7) is 0. The maximum absolute atomic E-state index is 0. The van der Waals surface area contributed by atoms with Crippen molar-refractivity contribution in [1.82, 2.24) is 0 Å². The van der Waals surface area contributed by atoms with Gasteiger partial charge in [0.05, 0.1) is 0 Å². The van der Waals surface area contributed by atoms with Crippen LogP contribution in [0.1, 0.15) is 0 Å². The molecular formula is BeCaF4. The first-order chi connectivity index (χ1) is 0. The Morgan fingerprint density at radius 3 is 0.500 bits per heavy atom. The van der Waals surface area contributed by atoms with Crippen molar-refractivity contribution >= 4 is 47.9 Å². The summed E-state index contributed by atoms with van der Waals surface area (Å²) >= 11 is 0. The van der Waals surface area contributed by atoms with Gasteiger partial charge in [-0.3, -0.25) is 0 Å². The summed E-state index contributed by atoms with van der Waals surface area (Å²) in [5.74, 6) is 0. The van der Waals surface area contributed by atoms with Crippen LogP contribution in [0.5, 0.6) is 0 Å². The van der Waals surface area contributed by atoms with Crippen LogP contribution in [0.15, 0.2) is 0 Å². The molecular weight excluding hydrogens is 125 g/mol. The van der Waals surface area contributed by atoms with Gasteiger partial charge in [0.2, 0.25) is 0 Å². The molecule has 0 spiro atoms. The Kier molecular flexibility index (Phi) is 4220. The van der Waals surface area contributed by atoms with Crippen molar-refractivity contribution < 1.29 is 18.8 Å². The summed E-state index contributed by atoms with van der Waals surface area (Å²) < 4.78 is 0. The molecule has 0 saturated carbocycles. The van der Waals surface area contributed by atoms with Crippen LogP contribution in [0.3, 0.4) is 0 Å². The molecule has 0 amide bonds. The third-order valence-electron chi connectivity index (χ3n) is 0. The Hall–Kier alpha value is 1.15. The van der Waals surface area contributed by atoms with Gasteiger partial charge in [-0.15, -0.1) is 0 Å². The molecule has 0 aromatic rings. The molecule has 0 aliphatic rings. The maximum Gasteiger partial charge on any atom is 2.00 e. The fraction of sp³-hybridized carbons (Fsp3) is 0. The maximum atomic E-state index is 0. The van der Waals surface area contributed by atoms with Gasteiger partial charge in [0.1, 0.15) is 0 Å². The molecule has 0 saturated heterocycles. The van der Waals surface area contributed by atoms with Gasteiger partial charge in [-0.1, -0.05) is 0 Å². The summed E-state index contributed by atoms with van der Waals surface area (Å²) in [7, 11) is 0. The number of halogens is 4. The average molecular weight is 125 g/mol. The van der Waals surface area contributed by atoms with Crippen LogP contribution in [-0.4, -0.2) is 47.9 Å². The first kappa shape index (κ1) is 205. The number of hydrogen-bond acceptors (Lipinski definition) is 0. The number of rotatable bonds is 0. The predicted molar refractivity (Wildman–Crippen MR) is 11.5 cm³/mol. The second-order valence-electron chi connectivity index (χ2n) is 0. The van der Waals surface area contributed by atoms with Crippen LogP contribution in [0.4, 0.5) is 0 Å². The minimum absolute atomic E-state index is 0. The van der Waals surface area contributed by atoms with Crippen LogP contribution in [0.2, 0.25) is 0 Å². The van der Waals surface area contributed by atoms with Crippen LogP contribution in [0, 0.1) is 0 Å². The van der Waals surface area contributed by atoms with Crippen molar-refractivity contribution in [3.8, 4) is 0 Å². The molecule has 0 aliphatic carbocycles. The van der Waals surface area contributed by atoms with E-state index in [2.05, 4.69) is 0 Å². The molecule has 0 N–H and O–H groups in total. The Labute approximate surface area is 66.4 Å². The largest absolute Gasteiger partial charge is 2.00 e. The molecule has 0 aromatic heterocycles. The zero-order valence-electron chi connectivity index (χ0n) is 2.93. The third kappa shape index (κ3) is 67.2. The van der Waals surface area contributed by atoms with E-state index < -0.39 is 0 Å². The Morgan fingerprint density at radius 1 is 0.500 bits per heavy atom. The van der Waals surface area contributed by atoms with E-state index in [1.54, 1.807) is 0 Å². The van der Waals surface area contributed by atoms with E-state index >= 15 is 0 Å². The standard InChI is InChI=1S/Be.Ca.4FH/h;;4*1H/q2*+2;;;;/p-4. The summed E-state index contributed by atoms with van der Waals surface area (Å²) in [5.41, 5.74) is 0. The minimum atomic E-state index is 0. The fourth-order valence-electron chi connectivity index (χ4n) is 0. The van der Waals surface area contributed by atoms with Gasteiger partial charge >= 0.3 is 47.9 Å². The van der Waals surface area contributed by atoms with Gasteiger partial charge in [0.25, 0.3) is 0 Å². The van der Waals surface area contributed by atoms with Crippen LogP contribution < -0.4 is 18.8 Å². The molecule has 0 radical (unpaired) electrons. The Bertz CT molecular complexity index is 7.51. The van der Waals surface area contributed by atoms with Crippen molar-refractivity contribution in [1.29, 1.82) is 0 Å². The third-order valence-corrected chi connectivity index (χ3v) is 0. The topological polar surface area (TPSA) is 0 Å². The quantitative estimate of drug-likeness (QED) is 0.223. The SMILES string of the molecule is [Be+2].[Ca+2].[F-].[F-].[F-].[F-]. The molecule has 0 heterocycles. The molecule has 6 heavy (non-hydrogen) atoms. The van der Waals surface area contributed by atoms with E-state index in [9.17, 15) is 0 Å². The first-order valence-electron chi connectivity index (χ1n) is 0. The van der Waals surface area contributed by atoms with Gasteiger partial charge in [0.15, 0.2) is 0 Å². The van der Waals surface area contributed by atoms with Gasteiger partial charge < -0.3 is 18.8 Å². The molecule has 0 unspecified atom stereocenters. The van der Waals surface area contributed by atoms with E-state index in [1.807, 2.05) is 0 Å². The van der Waals surface area contributed by atoms with Crippen LogP contribution in [-0.2, 0) is 0 Å². The van der Waals surface area contributed by atoms with Crippen molar-refractivity contribution in [2.75, 3.05) is 0 Å². The van der Waals surface area contributed by atoms with E-state index in [0.29, 0.717) is 0 Å². The second kappa shape index (κ2) is 124. The van der Waals surface area contributed by atoms with E-state index in [1.165, 1.54) is 0 Å². The molecule has 0 bridgehead atoms. The van der Waals surface area contributed by atoms with Gasteiger partial charge in [-0.25, -0.2) is 0 Å². The van der Waals surface area contributed by atoms with E-state index in [4.69, 9.17) is 0 Å². The van der Waals surface area contributed by atoms with E-state index in [0.717, 1.165) is 0 Å². The monoisotopic (exact) mass is 125 g/mol. The molecule has 0 nitrogen and oxygen atoms in total. The minimum Gasteiger partial charge on any atom is -1.00 e. The zero-order chi connectivity index (χ0) is 0. The van der Waals surface area contributed by atoms with Crippen LogP contribution >= 0.6 is 0 Å². The summed E-state index contributed by atoms with van der Waals surface area (Å²) in [6.07, 6.45) is 0. The van der Waals surface area contributed by atoms with E-state index in [-0.39, 0.29) is 66.7 Å². The van der Waals surface area contributed by atoms with Crippen molar-refractivity contribution in [3.05, 3.63) is 0 Å². The van der Waals surface area contributed by atoms with Crippen molar-refractivity contribution in [3.63, 3.8) is 0 Å². The molecule has 0 rings (SSSR count). The van der Waals surface area contributed by atoms with Gasteiger partial charge in [-0.05, 0) is 0 Å². The average Bonchev–Trinajstić information content (AvgIpc) is 0. The molecule has 0 aromatic carbocycles. The summed E-state index contributed by atoms with van der Waals surface area (Å²) in [6, 6.07) is 0. The van der Waals surface area contributed by atoms with Gasteiger partial charge in [-0.2, -0.15) is 0 Å². The molecule has 0 aliphatic heterocycles. The Morgan fingerprint density at radius 2 is 0.500 bits per heavy atom. The normalized spacial score (nSPS) is 0. The first-order valence-corrected chi connectivity index (χ1v) is 0. The van der Waals surface area contributed by atoms with Crippen molar-refractivity contribution in [2.24, 2.45) is 0 Å². The summed E-state index contributed by atoms with van der Waals surface area (Å²) in [4.78, 5) is 0. The number of hydrogen-bond donors (Lipinski definition) is 0. The fourth-order valence-corrected chi connectivity index (χ4v) is 0.